The predicted molar refractivity (Wildman–Crippen MR) is 77.0 cm³/mol. The molecule has 0 aliphatic carbocycles. The summed E-state index contributed by atoms with van der Waals surface area (Å²) in [5.41, 5.74) is 0.530. The molecule has 21 heavy (non-hydrogen) atoms. The second kappa shape index (κ2) is 6.65. The molecule has 0 aliphatic rings. The van der Waals surface area contributed by atoms with Gasteiger partial charge in [0.1, 0.15) is 18.3 Å². The van der Waals surface area contributed by atoms with Gasteiger partial charge in [-0.05, 0) is 18.2 Å². The molecular formula is C16H16O5. The molecule has 110 valence electrons. The number of phenols is 1. The first kappa shape index (κ1) is 14.7. The normalized spacial score (nSPS) is 11.7. The number of methoxy groups -OCH3 is 1. The number of carbonyl (C=O) groups is 1. The van der Waals surface area contributed by atoms with E-state index < -0.39 is 11.9 Å². The third-order valence-electron chi connectivity index (χ3n) is 3.08. The molecule has 2 N–H and O–H groups in total. The highest BCUT2D eigenvalue weighted by Gasteiger charge is 2.24. The van der Waals surface area contributed by atoms with Gasteiger partial charge in [-0.25, -0.2) is 0 Å². The molecule has 0 saturated heterocycles. The van der Waals surface area contributed by atoms with Gasteiger partial charge in [0.25, 0.3) is 0 Å². The van der Waals surface area contributed by atoms with E-state index in [-0.39, 0.29) is 18.1 Å². The molecule has 0 saturated carbocycles. The number of rotatable bonds is 6. The van der Waals surface area contributed by atoms with E-state index in [0.717, 1.165) is 0 Å². The Morgan fingerprint density at radius 1 is 1.10 bits per heavy atom. The number of hydrogen-bond donors (Lipinski definition) is 2. The van der Waals surface area contributed by atoms with E-state index in [1.807, 2.05) is 0 Å². The molecule has 5 heteroatoms. The van der Waals surface area contributed by atoms with Gasteiger partial charge in [-0.3, -0.25) is 4.79 Å². The average molecular weight is 288 g/mol. The zero-order valence-corrected chi connectivity index (χ0v) is 11.5. The van der Waals surface area contributed by atoms with Gasteiger partial charge < -0.3 is 19.7 Å². The Kier molecular flexibility index (Phi) is 4.66. The highest BCUT2D eigenvalue weighted by atomic mass is 16.5. The summed E-state index contributed by atoms with van der Waals surface area (Å²) in [5.74, 6) is -1.19. The van der Waals surface area contributed by atoms with Crippen molar-refractivity contribution in [1.82, 2.24) is 0 Å². The summed E-state index contributed by atoms with van der Waals surface area (Å²) in [6, 6.07) is 13.3. The minimum Gasteiger partial charge on any atom is -0.504 e. The molecule has 0 fully saturated rings. The summed E-state index contributed by atoms with van der Waals surface area (Å²) in [4.78, 5) is 11.5. The summed E-state index contributed by atoms with van der Waals surface area (Å²) in [5, 5.41) is 19.0. The van der Waals surface area contributed by atoms with Gasteiger partial charge >= 0.3 is 5.97 Å². The van der Waals surface area contributed by atoms with E-state index in [1.165, 1.54) is 13.2 Å². The smallest absolute Gasteiger partial charge is 0.314 e. The standard InChI is InChI=1S/C16H16O5/c1-20-14-8-4-2-6-11(14)12(16(18)19)10-21-15-9-5-3-7-13(15)17/h2-9,12,17H,10H2,1H3,(H,18,19). The number of ether oxygens (including phenoxy) is 2. The molecule has 0 spiro atoms. The Morgan fingerprint density at radius 3 is 2.33 bits per heavy atom. The lowest BCUT2D eigenvalue weighted by Crippen LogP contribution is -2.20. The van der Waals surface area contributed by atoms with Gasteiger partial charge in [-0.2, -0.15) is 0 Å². The van der Waals surface area contributed by atoms with Crippen molar-refractivity contribution in [3.63, 3.8) is 0 Å². The second-order valence-corrected chi connectivity index (χ2v) is 4.41. The molecule has 0 bridgehead atoms. The van der Waals surface area contributed by atoms with Crippen molar-refractivity contribution in [2.24, 2.45) is 0 Å². The summed E-state index contributed by atoms with van der Waals surface area (Å²) in [6.45, 7) is -0.104. The van der Waals surface area contributed by atoms with Gasteiger partial charge in [0.05, 0.1) is 7.11 Å². The van der Waals surface area contributed by atoms with Crippen LogP contribution in [0.2, 0.25) is 0 Å². The van der Waals surface area contributed by atoms with Crippen molar-refractivity contribution < 1.29 is 24.5 Å². The largest absolute Gasteiger partial charge is 0.504 e. The zero-order chi connectivity index (χ0) is 15.2. The third-order valence-corrected chi connectivity index (χ3v) is 3.08. The fourth-order valence-electron chi connectivity index (χ4n) is 2.00. The van der Waals surface area contributed by atoms with Crippen LogP contribution in [0, 0.1) is 0 Å². The first-order valence-electron chi connectivity index (χ1n) is 6.40. The van der Waals surface area contributed by atoms with Gasteiger partial charge in [0.2, 0.25) is 0 Å². The Bertz CT molecular complexity index is 624. The number of carboxylic acids is 1. The SMILES string of the molecule is COc1ccccc1C(COc1ccccc1O)C(=O)O. The highest BCUT2D eigenvalue weighted by molar-refractivity contribution is 5.77. The molecule has 0 heterocycles. The van der Waals surface area contributed by atoms with Crippen molar-refractivity contribution in [2.45, 2.75) is 5.92 Å². The number of para-hydroxylation sites is 3. The van der Waals surface area contributed by atoms with E-state index in [1.54, 1.807) is 42.5 Å². The van der Waals surface area contributed by atoms with E-state index in [2.05, 4.69) is 0 Å². The summed E-state index contributed by atoms with van der Waals surface area (Å²) in [7, 11) is 1.49. The number of carboxylic acid groups (broad SMARTS) is 1. The van der Waals surface area contributed by atoms with Crippen molar-refractivity contribution in [3.05, 3.63) is 54.1 Å². The van der Waals surface area contributed by atoms with Crippen molar-refractivity contribution in [3.8, 4) is 17.2 Å². The van der Waals surface area contributed by atoms with Crippen LogP contribution in [-0.2, 0) is 4.79 Å². The van der Waals surface area contributed by atoms with Crippen LogP contribution in [0.1, 0.15) is 11.5 Å². The third kappa shape index (κ3) is 3.45. The minimum absolute atomic E-state index is 0.0262. The summed E-state index contributed by atoms with van der Waals surface area (Å²) < 4.78 is 10.6. The summed E-state index contributed by atoms with van der Waals surface area (Å²) >= 11 is 0. The molecule has 2 aromatic rings. The molecule has 0 radical (unpaired) electrons. The summed E-state index contributed by atoms with van der Waals surface area (Å²) in [6.07, 6.45) is 0. The monoisotopic (exact) mass is 288 g/mol. The van der Waals surface area contributed by atoms with Crippen LogP contribution in [0.5, 0.6) is 17.2 Å². The molecule has 2 rings (SSSR count). The van der Waals surface area contributed by atoms with Gasteiger partial charge in [0, 0.05) is 5.56 Å². The lowest BCUT2D eigenvalue weighted by molar-refractivity contribution is -0.139. The van der Waals surface area contributed by atoms with Crippen LogP contribution in [-0.4, -0.2) is 29.9 Å². The minimum atomic E-state index is -1.02. The van der Waals surface area contributed by atoms with E-state index >= 15 is 0 Å². The topological polar surface area (TPSA) is 76.0 Å². The molecule has 1 atom stereocenters. The lowest BCUT2D eigenvalue weighted by atomic mass is 9.99. The van der Waals surface area contributed by atoms with Crippen LogP contribution in [0.4, 0.5) is 0 Å². The van der Waals surface area contributed by atoms with Crippen LogP contribution < -0.4 is 9.47 Å². The van der Waals surface area contributed by atoms with Crippen molar-refractivity contribution in [1.29, 1.82) is 0 Å². The van der Waals surface area contributed by atoms with E-state index in [4.69, 9.17) is 9.47 Å². The Labute approximate surface area is 122 Å². The number of benzene rings is 2. The van der Waals surface area contributed by atoms with Crippen LogP contribution in [0.25, 0.3) is 0 Å². The zero-order valence-electron chi connectivity index (χ0n) is 11.5. The maximum atomic E-state index is 11.5. The highest BCUT2D eigenvalue weighted by Crippen LogP contribution is 2.30. The molecule has 0 amide bonds. The Hall–Kier alpha value is -2.69. The molecule has 1 unspecified atom stereocenters. The number of hydrogen-bond acceptors (Lipinski definition) is 4. The average Bonchev–Trinajstić information content (AvgIpc) is 2.49. The quantitative estimate of drug-likeness (QED) is 0.854. The first-order chi connectivity index (χ1) is 10.1. The van der Waals surface area contributed by atoms with Crippen LogP contribution >= 0.6 is 0 Å². The Balaban J connectivity index is 2.21. The van der Waals surface area contributed by atoms with Crippen molar-refractivity contribution >= 4 is 5.97 Å². The van der Waals surface area contributed by atoms with Gasteiger partial charge in [-0.1, -0.05) is 30.3 Å². The second-order valence-electron chi connectivity index (χ2n) is 4.41. The van der Waals surface area contributed by atoms with Crippen molar-refractivity contribution in [2.75, 3.05) is 13.7 Å². The molecular weight excluding hydrogens is 272 g/mol. The van der Waals surface area contributed by atoms with E-state index in [9.17, 15) is 15.0 Å². The maximum Gasteiger partial charge on any atom is 0.314 e. The van der Waals surface area contributed by atoms with Gasteiger partial charge in [0.15, 0.2) is 11.5 Å². The number of aromatic hydroxyl groups is 1. The van der Waals surface area contributed by atoms with Gasteiger partial charge in [-0.15, -0.1) is 0 Å². The maximum absolute atomic E-state index is 11.5. The van der Waals surface area contributed by atoms with Crippen LogP contribution in [0.15, 0.2) is 48.5 Å². The predicted octanol–water partition coefficient (Wildman–Crippen LogP) is 2.65. The first-order valence-corrected chi connectivity index (χ1v) is 6.40. The van der Waals surface area contributed by atoms with E-state index in [0.29, 0.717) is 11.3 Å². The Morgan fingerprint density at radius 2 is 1.71 bits per heavy atom. The fraction of sp³-hybridized carbons (Fsp3) is 0.188. The lowest BCUT2D eigenvalue weighted by Gasteiger charge is -2.17. The molecule has 0 aliphatic heterocycles. The fourth-order valence-corrected chi connectivity index (χ4v) is 2.00. The molecule has 0 aromatic heterocycles. The van der Waals surface area contributed by atoms with Crippen LogP contribution in [0.3, 0.4) is 0 Å². The molecule has 2 aromatic carbocycles. The molecule has 5 nitrogen and oxygen atoms in total. The number of aliphatic carboxylic acids is 1. The number of phenolic OH excluding ortho intramolecular Hbond substituents is 1.